The van der Waals surface area contributed by atoms with Crippen molar-refractivity contribution in [3.05, 3.63) is 35.5 Å². The minimum Gasteiger partial charge on any atom is -0.464 e. The highest BCUT2D eigenvalue weighted by molar-refractivity contribution is 7.19. The number of ether oxygens (including phenoxy) is 1. The van der Waals surface area contributed by atoms with Crippen molar-refractivity contribution in [2.24, 2.45) is 0 Å². The summed E-state index contributed by atoms with van der Waals surface area (Å²) in [7, 11) is 1.34. The zero-order valence-electron chi connectivity index (χ0n) is 12.1. The van der Waals surface area contributed by atoms with Gasteiger partial charge in [-0.05, 0) is 16.5 Å². The van der Waals surface area contributed by atoms with Crippen molar-refractivity contribution >= 4 is 22.4 Å². The monoisotopic (exact) mass is 290 g/mol. The van der Waals surface area contributed by atoms with Gasteiger partial charge in [-0.25, -0.2) is 9.78 Å². The van der Waals surface area contributed by atoms with Gasteiger partial charge < -0.3 is 10.5 Å². The molecule has 2 rings (SSSR count). The number of anilines is 1. The number of hydrogen-bond donors (Lipinski definition) is 1. The van der Waals surface area contributed by atoms with Gasteiger partial charge in [0.15, 0.2) is 10.8 Å². The Hall–Kier alpha value is -1.88. The molecule has 1 aromatic carbocycles. The van der Waals surface area contributed by atoms with E-state index in [0.29, 0.717) is 5.13 Å². The molecular formula is C15H18N2O2S. The maximum absolute atomic E-state index is 11.7. The number of aromatic nitrogens is 1. The number of esters is 1. The van der Waals surface area contributed by atoms with Gasteiger partial charge in [-0.3, -0.25) is 0 Å². The second kappa shape index (κ2) is 5.25. The van der Waals surface area contributed by atoms with Crippen LogP contribution in [0.4, 0.5) is 5.13 Å². The van der Waals surface area contributed by atoms with Crippen LogP contribution >= 0.6 is 11.3 Å². The van der Waals surface area contributed by atoms with E-state index < -0.39 is 5.97 Å². The fraction of sp³-hybridized carbons (Fsp3) is 0.333. The van der Waals surface area contributed by atoms with Crippen LogP contribution in [0.15, 0.2) is 24.3 Å². The molecular weight excluding hydrogens is 272 g/mol. The molecule has 0 radical (unpaired) electrons. The second-order valence-corrected chi connectivity index (χ2v) is 6.58. The summed E-state index contributed by atoms with van der Waals surface area (Å²) in [6, 6.07) is 8.10. The van der Waals surface area contributed by atoms with Crippen LogP contribution in [0, 0.1) is 0 Å². The number of nitrogen functional groups attached to an aromatic ring is 1. The lowest BCUT2D eigenvalue weighted by Crippen LogP contribution is -2.10. The smallest absolute Gasteiger partial charge is 0.358 e. The predicted octanol–water partition coefficient (Wildman–Crippen LogP) is 3.48. The zero-order chi connectivity index (χ0) is 14.9. The average Bonchev–Trinajstić information content (AvgIpc) is 2.79. The first kappa shape index (κ1) is 14.5. The molecule has 5 heteroatoms. The zero-order valence-corrected chi connectivity index (χ0v) is 12.9. The summed E-state index contributed by atoms with van der Waals surface area (Å²) in [5, 5.41) is 0.361. The largest absolute Gasteiger partial charge is 0.464 e. The SMILES string of the molecule is COC(=O)c1nc(N)sc1-c1ccc(C(C)(C)C)cc1. The van der Waals surface area contributed by atoms with Crippen LogP contribution in [0.25, 0.3) is 10.4 Å². The quantitative estimate of drug-likeness (QED) is 0.860. The van der Waals surface area contributed by atoms with Crippen molar-refractivity contribution in [2.45, 2.75) is 26.2 Å². The van der Waals surface area contributed by atoms with Crippen molar-refractivity contribution in [1.82, 2.24) is 4.98 Å². The first-order valence-electron chi connectivity index (χ1n) is 6.28. The minimum absolute atomic E-state index is 0.0937. The van der Waals surface area contributed by atoms with E-state index in [2.05, 4.69) is 37.9 Å². The normalized spacial score (nSPS) is 11.4. The summed E-state index contributed by atoms with van der Waals surface area (Å²) >= 11 is 1.29. The van der Waals surface area contributed by atoms with E-state index in [9.17, 15) is 4.79 Å². The standard InChI is InChI=1S/C15H18N2O2S/c1-15(2,3)10-7-5-9(6-8-10)12-11(13(18)19-4)17-14(16)20-12/h5-8H,1-4H3,(H2,16,17). The number of methoxy groups -OCH3 is 1. The van der Waals surface area contributed by atoms with Gasteiger partial charge in [0.2, 0.25) is 0 Å². The Bertz CT molecular complexity index is 624. The summed E-state index contributed by atoms with van der Waals surface area (Å²) < 4.78 is 4.74. The Labute approximate surface area is 122 Å². The molecule has 0 bridgehead atoms. The molecule has 106 valence electrons. The maximum Gasteiger partial charge on any atom is 0.358 e. The lowest BCUT2D eigenvalue weighted by molar-refractivity contribution is 0.0596. The van der Waals surface area contributed by atoms with E-state index in [4.69, 9.17) is 10.5 Å². The summed E-state index contributed by atoms with van der Waals surface area (Å²) in [4.78, 5) is 16.5. The van der Waals surface area contributed by atoms with E-state index in [1.807, 2.05) is 12.1 Å². The summed E-state index contributed by atoms with van der Waals surface area (Å²) in [6.07, 6.45) is 0. The highest BCUT2D eigenvalue weighted by atomic mass is 32.1. The summed E-state index contributed by atoms with van der Waals surface area (Å²) in [5.74, 6) is -0.465. The summed E-state index contributed by atoms with van der Waals surface area (Å²) in [6.45, 7) is 6.48. The number of nitrogens with two attached hydrogens (primary N) is 1. The van der Waals surface area contributed by atoms with Crippen LogP contribution in [0.3, 0.4) is 0 Å². The molecule has 0 saturated heterocycles. The van der Waals surface area contributed by atoms with Crippen LogP contribution in [-0.2, 0) is 10.2 Å². The number of hydrogen-bond acceptors (Lipinski definition) is 5. The topological polar surface area (TPSA) is 65.2 Å². The second-order valence-electron chi connectivity index (χ2n) is 5.55. The molecule has 0 unspecified atom stereocenters. The highest BCUT2D eigenvalue weighted by Crippen LogP contribution is 2.33. The summed E-state index contributed by atoms with van der Waals surface area (Å²) in [5.41, 5.74) is 8.24. The van der Waals surface area contributed by atoms with Gasteiger partial charge in [-0.1, -0.05) is 56.4 Å². The van der Waals surface area contributed by atoms with Crippen LogP contribution in [0.2, 0.25) is 0 Å². The highest BCUT2D eigenvalue weighted by Gasteiger charge is 2.20. The minimum atomic E-state index is -0.465. The molecule has 1 aromatic heterocycles. The number of rotatable bonds is 2. The van der Waals surface area contributed by atoms with Crippen molar-refractivity contribution in [3.8, 4) is 10.4 Å². The van der Waals surface area contributed by atoms with E-state index in [1.54, 1.807) is 0 Å². The van der Waals surface area contributed by atoms with Gasteiger partial charge in [-0.2, -0.15) is 0 Å². The molecule has 0 amide bonds. The molecule has 20 heavy (non-hydrogen) atoms. The average molecular weight is 290 g/mol. The molecule has 4 nitrogen and oxygen atoms in total. The number of carbonyl (C=O) groups excluding carboxylic acids is 1. The molecule has 0 saturated carbocycles. The van der Waals surface area contributed by atoms with Crippen molar-refractivity contribution in [3.63, 3.8) is 0 Å². The van der Waals surface area contributed by atoms with Gasteiger partial charge in [0.05, 0.1) is 12.0 Å². The molecule has 0 aliphatic carbocycles. The first-order valence-corrected chi connectivity index (χ1v) is 7.10. The molecule has 2 N–H and O–H groups in total. The van der Waals surface area contributed by atoms with E-state index >= 15 is 0 Å². The van der Waals surface area contributed by atoms with E-state index in [1.165, 1.54) is 24.0 Å². The molecule has 0 fully saturated rings. The van der Waals surface area contributed by atoms with E-state index in [-0.39, 0.29) is 11.1 Å². The Kier molecular flexibility index (Phi) is 3.81. The Morgan fingerprint density at radius 2 is 1.85 bits per heavy atom. The molecule has 1 heterocycles. The van der Waals surface area contributed by atoms with E-state index in [0.717, 1.165) is 10.4 Å². The molecule has 0 aliphatic heterocycles. The van der Waals surface area contributed by atoms with Gasteiger partial charge in [-0.15, -0.1) is 0 Å². The third kappa shape index (κ3) is 2.82. The van der Waals surface area contributed by atoms with Gasteiger partial charge in [0.25, 0.3) is 0 Å². The van der Waals surface area contributed by atoms with Gasteiger partial charge >= 0.3 is 5.97 Å². The lowest BCUT2D eigenvalue weighted by atomic mass is 9.86. The number of nitrogens with zero attached hydrogens (tertiary/aromatic N) is 1. The Morgan fingerprint density at radius 3 is 2.35 bits per heavy atom. The molecule has 0 spiro atoms. The molecule has 2 aromatic rings. The van der Waals surface area contributed by atoms with Crippen molar-refractivity contribution in [1.29, 1.82) is 0 Å². The van der Waals surface area contributed by atoms with Crippen LogP contribution < -0.4 is 5.73 Å². The van der Waals surface area contributed by atoms with Crippen LogP contribution in [-0.4, -0.2) is 18.1 Å². The van der Waals surface area contributed by atoms with Crippen molar-refractivity contribution < 1.29 is 9.53 Å². The lowest BCUT2D eigenvalue weighted by Gasteiger charge is -2.19. The number of benzene rings is 1. The Balaban J connectivity index is 2.44. The molecule has 0 atom stereocenters. The molecule has 0 aliphatic rings. The predicted molar refractivity (Wildman–Crippen MR) is 82.0 cm³/mol. The fourth-order valence-corrected chi connectivity index (χ4v) is 2.71. The third-order valence-electron chi connectivity index (χ3n) is 3.04. The van der Waals surface area contributed by atoms with Crippen LogP contribution in [0.1, 0.15) is 36.8 Å². The van der Waals surface area contributed by atoms with Gasteiger partial charge in [0.1, 0.15) is 0 Å². The first-order chi connectivity index (χ1) is 9.32. The third-order valence-corrected chi connectivity index (χ3v) is 3.97. The Morgan fingerprint density at radius 1 is 1.25 bits per heavy atom. The van der Waals surface area contributed by atoms with Crippen LogP contribution in [0.5, 0.6) is 0 Å². The maximum atomic E-state index is 11.7. The number of carbonyl (C=O) groups is 1. The van der Waals surface area contributed by atoms with Crippen molar-refractivity contribution in [2.75, 3.05) is 12.8 Å². The fourth-order valence-electron chi connectivity index (χ4n) is 1.89. The number of thiazole rings is 1. The van der Waals surface area contributed by atoms with Gasteiger partial charge in [0, 0.05) is 0 Å².